The largest absolute Gasteiger partial charge is 0.493 e. The van der Waals surface area contributed by atoms with Crippen LogP contribution in [0.5, 0.6) is 11.5 Å². The molecule has 3 aromatic carbocycles. The fourth-order valence-electron chi connectivity index (χ4n) is 3.31. The zero-order valence-electron chi connectivity index (χ0n) is 18.6. The van der Waals surface area contributed by atoms with Crippen molar-refractivity contribution in [2.75, 3.05) is 25.6 Å². The monoisotopic (exact) mass is 439 g/mol. The van der Waals surface area contributed by atoms with Crippen molar-refractivity contribution in [3.8, 4) is 47.3 Å². The molecule has 5 nitrogen and oxygen atoms in total. The first-order valence-corrected chi connectivity index (χ1v) is 10.3. The third-order valence-electron chi connectivity index (χ3n) is 4.92. The molecule has 0 radical (unpaired) electrons. The highest BCUT2D eigenvalue weighted by molar-refractivity contribution is 5.98. The molecule has 33 heavy (non-hydrogen) atoms. The van der Waals surface area contributed by atoms with E-state index in [4.69, 9.17) is 27.1 Å². The Hall–Kier alpha value is -4.19. The van der Waals surface area contributed by atoms with Crippen LogP contribution >= 0.6 is 0 Å². The number of aryl methyl sites for hydroxylation is 1. The second-order valence-electron chi connectivity index (χ2n) is 7.20. The van der Waals surface area contributed by atoms with E-state index in [0.717, 1.165) is 22.3 Å². The van der Waals surface area contributed by atoms with E-state index in [-0.39, 0.29) is 19.1 Å². The number of ether oxygens (including phenoxy) is 3. The lowest BCUT2D eigenvalue weighted by Gasteiger charge is -2.19. The van der Waals surface area contributed by atoms with Crippen LogP contribution in [0.25, 0.3) is 11.1 Å². The van der Waals surface area contributed by atoms with Gasteiger partial charge in [-0.1, -0.05) is 65.9 Å². The second kappa shape index (κ2) is 11.4. The summed E-state index contributed by atoms with van der Waals surface area (Å²) in [6.45, 7) is 2.14. The molecule has 1 N–H and O–H groups in total. The molecule has 0 saturated carbocycles. The predicted molar refractivity (Wildman–Crippen MR) is 130 cm³/mol. The normalized spacial score (nSPS) is 11.0. The van der Waals surface area contributed by atoms with E-state index in [1.165, 1.54) is 0 Å². The average molecular weight is 440 g/mol. The van der Waals surface area contributed by atoms with Crippen molar-refractivity contribution in [2.24, 2.45) is 0 Å². The number of para-hydroxylation sites is 1. The maximum atomic E-state index is 13.2. The molecular weight excluding hydrogens is 414 g/mol. The lowest BCUT2D eigenvalue weighted by atomic mass is 10.0. The first-order valence-electron chi connectivity index (χ1n) is 10.3. The van der Waals surface area contributed by atoms with Crippen LogP contribution in [0.1, 0.15) is 17.2 Å². The predicted octanol–water partition coefficient (Wildman–Crippen LogP) is 5.01. The Labute approximate surface area is 194 Å². The smallest absolute Gasteiger partial charge is 0.258 e. The van der Waals surface area contributed by atoms with E-state index >= 15 is 0 Å². The second-order valence-corrected chi connectivity index (χ2v) is 7.20. The quantitative estimate of drug-likeness (QED) is 0.476. The SMILES string of the molecule is C#CCOc1ccc(-c2ccccc2NC(=O)C(OCC#C)c2ccc(C)cc2)cc1OC. The van der Waals surface area contributed by atoms with Crippen LogP contribution in [0.15, 0.2) is 66.7 Å². The molecule has 166 valence electrons. The topological polar surface area (TPSA) is 56.8 Å². The van der Waals surface area contributed by atoms with Crippen molar-refractivity contribution in [1.29, 1.82) is 0 Å². The van der Waals surface area contributed by atoms with Crippen LogP contribution in [-0.2, 0) is 9.53 Å². The van der Waals surface area contributed by atoms with Gasteiger partial charge in [0.25, 0.3) is 5.91 Å². The van der Waals surface area contributed by atoms with Gasteiger partial charge in [0.05, 0.1) is 7.11 Å². The third-order valence-corrected chi connectivity index (χ3v) is 4.92. The molecule has 3 rings (SSSR count). The van der Waals surface area contributed by atoms with Gasteiger partial charge in [0.2, 0.25) is 0 Å². The highest BCUT2D eigenvalue weighted by Crippen LogP contribution is 2.36. The van der Waals surface area contributed by atoms with Gasteiger partial charge in [-0.3, -0.25) is 4.79 Å². The minimum atomic E-state index is -0.844. The van der Waals surface area contributed by atoms with Gasteiger partial charge in [0.1, 0.15) is 13.2 Å². The molecule has 0 spiro atoms. The van der Waals surface area contributed by atoms with Gasteiger partial charge < -0.3 is 19.5 Å². The number of terminal acetylenes is 2. The number of hydrogen-bond donors (Lipinski definition) is 1. The number of amides is 1. The van der Waals surface area contributed by atoms with E-state index in [2.05, 4.69) is 17.2 Å². The zero-order valence-corrected chi connectivity index (χ0v) is 18.6. The third kappa shape index (κ3) is 5.95. The Kier molecular flexibility index (Phi) is 8.13. The molecule has 0 aliphatic carbocycles. The number of nitrogens with one attached hydrogen (secondary N) is 1. The van der Waals surface area contributed by atoms with Crippen LogP contribution in [-0.4, -0.2) is 26.2 Å². The number of hydrogen-bond acceptors (Lipinski definition) is 4. The highest BCUT2D eigenvalue weighted by atomic mass is 16.5. The van der Waals surface area contributed by atoms with E-state index < -0.39 is 6.10 Å². The summed E-state index contributed by atoms with van der Waals surface area (Å²) in [5, 5.41) is 2.99. The lowest BCUT2D eigenvalue weighted by Crippen LogP contribution is -2.24. The number of anilines is 1. The van der Waals surface area contributed by atoms with Crippen LogP contribution in [0, 0.1) is 31.6 Å². The first-order chi connectivity index (χ1) is 16.1. The molecule has 0 aromatic heterocycles. The number of benzene rings is 3. The van der Waals surface area contributed by atoms with Gasteiger partial charge in [-0.25, -0.2) is 0 Å². The van der Waals surface area contributed by atoms with Crippen molar-refractivity contribution >= 4 is 11.6 Å². The molecular formula is C28H25NO4. The molecule has 0 bridgehead atoms. The average Bonchev–Trinajstić information content (AvgIpc) is 2.84. The number of rotatable bonds is 9. The molecule has 0 fully saturated rings. The fraction of sp³-hybridized carbons (Fsp3) is 0.179. The Bertz CT molecular complexity index is 1190. The van der Waals surface area contributed by atoms with Crippen LogP contribution in [0.3, 0.4) is 0 Å². The summed E-state index contributed by atoms with van der Waals surface area (Å²) in [7, 11) is 1.56. The summed E-state index contributed by atoms with van der Waals surface area (Å²) < 4.78 is 16.7. The molecule has 1 amide bonds. The Morgan fingerprint density at radius 1 is 0.970 bits per heavy atom. The molecule has 3 aromatic rings. The maximum Gasteiger partial charge on any atom is 0.258 e. The van der Waals surface area contributed by atoms with Crippen molar-refractivity contribution in [1.82, 2.24) is 0 Å². The summed E-state index contributed by atoms with van der Waals surface area (Å²) >= 11 is 0. The summed E-state index contributed by atoms with van der Waals surface area (Å²) in [5.74, 6) is 5.63. The Balaban J connectivity index is 1.90. The van der Waals surface area contributed by atoms with Gasteiger partial charge in [-0.2, -0.15) is 0 Å². The number of carbonyl (C=O) groups is 1. The van der Waals surface area contributed by atoms with Gasteiger partial charge in [0.15, 0.2) is 17.6 Å². The maximum absolute atomic E-state index is 13.2. The van der Waals surface area contributed by atoms with Crippen molar-refractivity contribution in [2.45, 2.75) is 13.0 Å². The molecule has 0 heterocycles. The van der Waals surface area contributed by atoms with Crippen molar-refractivity contribution < 1.29 is 19.0 Å². The summed E-state index contributed by atoms with van der Waals surface area (Å²) in [6, 6.07) is 20.6. The fourth-order valence-corrected chi connectivity index (χ4v) is 3.31. The molecule has 0 saturated heterocycles. The Morgan fingerprint density at radius 3 is 2.39 bits per heavy atom. The van der Waals surface area contributed by atoms with Gasteiger partial charge in [-0.15, -0.1) is 12.8 Å². The molecule has 1 atom stereocenters. The van der Waals surface area contributed by atoms with Gasteiger partial charge in [0, 0.05) is 11.3 Å². The van der Waals surface area contributed by atoms with Crippen LogP contribution in [0.4, 0.5) is 5.69 Å². The minimum Gasteiger partial charge on any atom is -0.493 e. The molecule has 0 aliphatic rings. The summed E-state index contributed by atoms with van der Waals surface area (Å²) in [5.41, 5.74) is 4.09. The Morgan fingerprint density at radius 2 is 1.70 bits per heavy atom. The number of methoxy groups -OCH3 is 1. The summed E-state index contributed by atoms with van der Waals surface area (Å²) in [6.07, 6.45) is 9.80. The minimum absolute atomic E-state index is 0.0178. The zero-order chi connectivity index (χ0) is 23.6. The van der Waals surface area contributed by atoms with Gasteiger partial charge in [-0.05, 0) is 36.2 Å². The standard InChI is InChI=1S/C28H25NO4/c1-5-17-32-25-16-15-22(19-26(25)31-4)23-9-7-8-10-24(23)29-28(30)27(33-18-6-2)21-13-11-20(3)12-14-21/h1-2,7-16,19,27H,17-18H2,3-4H3,(H,29,30). The van der Waals surface area contributed by atoms with Crippen molar-refractivity contribution in [3.05, 3.63) is 77.9 Å². The van der Waals surface area contributed by atoms with Crippen LogP contribution < -0.4 is 14.8 Å². The lowest BCUT2D eigenvalue weighted by molar-refractivity contribution is -0.126. The molecule has 1 unspecified atom stereocenters. The first kappa shape index (κ1) is 23.5. The van der Waals surface area contributed by atoms with E-state index in [1.807, 2.05) is 67.6 Å². The van der Waals surface area contributed by atoms with E-state index in [0.29, 0.717) is 17.2 Å². The molecule has 0 aliphatic heterocycles. The van der Waals surface area contributed by atoms with E-state index in [9.17, 15) is 4.79 Å². The van der Waals surface area contributed by atoms with E-state index in [1.54, 1.807) is 13.2 Å². The highest BCUT2D eigenvalue weighted by Gasteiger charge is 2.22. The van der Waals surface area contributed by atoms with Crippen molar-refractivity contribution in [3.63, 3.8) is 0 Å². The molecule has 5 heteroatoms. The van der Waals surface area contributed by atoms with Crippen LogP contribution in [0.2, 0.25) is 0 Å². The summed E-state index contributed by atoms with van der Waals surface area (Å²) in [4.78, 5) is 13.2. The number of carbonyl (C=O) groups excluding carboxylic acids is 1. The van der Waals surface area contributed by atoms with Gasteiger partial charge >= 0.3 is 0 Å².